The second-order valence-electron chi connectivity index (χ2n) is 5.05. The summed E-state index contributed by atoms with van der Waals surface area (Å²) in [6.07, 6.45) is 3.62. The third-order valence-corrected chi connectivity index (χ3v) is 3.16. The minimum Gasteiger partial charge on any atom is -0.245 e. The zero-order chi connectivity index (χ0) is 17.7. The van der Waals surface area contributed by atoms with Crippen LogP contribution in [-0.2, 0) is 0 Å². The molecular weight excluding hydrogens is 334 g/mol. The summed E-state index contributed by atoms with van der Waals surface area (Å²) in [7, 11) is -4.94. The van der Waals surface area contributed by atoms with Crippen LogP contribution >= 0.6 is 0 Å². The molecule has 2 aromatic heterocycles. The van der Waals surface area contributed by atoms with E-state index in [4.69, 9.17) is 18.6 Å². The van der Waals surface area contributed by atoms with Gasteiger partial charge < -0.3 is 0 Å². The predicted molar refractivity (Wildman–Crippen MR) is 75.0 cm³/mol. The summed E-state index contributed by atoms with van der Waals surface area (Å²) >= 11 is 0. The summed E-state index contributed by atoms with van der Waals surface area (Å²) in [6.45, 7) is 4.22. The molecule has 0 spiro atoms. The minimum atomic E-state index is -4.94. The van der Waals surface area contributed by atoms with Gasteiger partial charge in [0.2, 0.25) is 0 Å². The van der Waals surface area contributed by atoms with Crippen LogP contribution in [0.5, 0.6) is 0 Å². The van der Waals surface area contributed by atoms with Gasteiger partial charge in [-0.05, 0) is 31.5 Å². The zero-order valence-electron chi connectivity index (χ0n) is 13.1. The third-order valence-electron chi connectivity index (χ3n) is 3.16. The van der Waals surface area contributed by atoms with Crippen LogP contribution in [0.4, 0.5) is 0 Å². The molecule has 3 rings (SSSR count). The van der Waals surface area contributed by atoms with Crippen molar-refractivity contribution < 1.29 is 33.4 Å². The van der Waals surface area contributed by atoms with E-state index in [1.165, 1.54) is 11.1 Å². The highest BCUT2D eigenvalue weighted by Crippen LogP contribution is 2.18. The van der Waals surface area contributed by atoms with Gasteiger partial charge in [-0.2, -0.15) is 4.57 Å². The van der Waals surface area contributed by atoms with Crippen molar-refractivity contribution >= 4 is 0 Å². The molecule has 0 aliphatic heterocycles. The van der Waals surface area contributed by atoms with Crippen LogP contribution in [0.2, 0.25) is 0 Å². The summed E-state index contributed by atoms with van der Waals surface area (Å²) in [6, 6.07) is 14.7. The Morgan fingerprint density at radius 3 is 2.17 bits per heavy atom. The second-order valence-corrected chi connectivity index (χ2v) is 5.81. The van der Waals surface area contributed by atoms with Gasteiger partial charge in [-0.15, -0.1) is 10.2 Å². The number of nitrogens with one attached hydrogen (secondary N) is 1. The number of aromatic nitrogens is 3. The molecule has 0 amide bonds. The summed E-state index contributed by atoms with van der Waals surface area (Å²) in [5.41, 5.74) is 4.74. The number of imidazole rings is 1. The molecule has 24 heavy (non-hydrogen) atoms. The standard InChI is InChI=1S/C16H16N3.ClHO4/c1-12-10-13(2)19(16-17-8-9-18-16)15(11-12)14-6-4-3-5-7-14;2-1(3,4)5/h3-11H,1-2H3,(H,17,18);(H,2,3,4,5)/q+1;/p-1. The van der Waals surface area contributed by atoms with E-state index in [0.29, 0.717) is 0 Å². The van der Waals surface area contributed by atoms with Gasteiger partial charge in [-0.3, -0.25) is 0 Å². The van der Waals surface area contributed by atoms with E-state index in [0.717, 1.165) is 17.3 Å². The second kappa shape index (κ2) is 7.52. The van der Waals surface area contributed by atoms with Gasteiger partial charge in [0.1, 0.15) is 11.9 Å². The van der Waals surface area contributed by atoms with Gasteiger partial charge in [0.05, 0.1) is 11.9 Å². The Hall–Kier alpha value is -2.29. The van der Waals surface area contributed by atoms with E-state index >= 15 is 0 Å². The normalized spacial score (nSPS) is 10.9. The van der Waals surface area contributed by atoms with Gasteiger partial charge >= 0.3 is 5.95 Å². The fourth-order valence-electron chi connectivity index (χ4n) is 2.39. The van der Waals surface area contributed by atoms with Crippen molar-refractivity contribution in [3.8, 4) is 17.2 Å². The first-order valence-corrected chi connectivity index (χ1v) is 8.19. The van der Waals surface area contributed by atoms with E-state index in [1.807, 2.05) is 12.3 Å². The van der Waals surface area contributed by atoms with Gasteiger partial charge in [0.25, 0.3) is 0 Å². The summed E-state index contributed by atoms with van der Waals surface area (Å²) in [5, 5.41) is 0. The number of aryl methyl sites for hydroxylation is 2. The van der Waals surface area contributed by atoms with Crippen molar-refractivity contribution in [1.82, 2.24) is 9.97 Å². The highest BCUT2D eigenvalue weighted by atomic mass is 35.7. The Bertz CT molecular complexity index is 781. The van der Waals surface area contributed by atoms with Crippen molar-refractivity contribution in [3.05, 3.63) is 66.1 Å². The lowest BCUT2D eigenvalue weighted by Gasteiger charge is -2.17. The number of aromatic amines is 1. The molecule has 1 N–H and O–H groups in total. The first-order valence-electron chi connectivity index (χ1n) is 6.96. The Kier molecular flexibility index (Phi) is 5.66. The number of benzene rings is 1. The molecule has 0 saturated heterocycles. The van der Waals surface area contributed by atoms with Crippen molar-refractivity contribution in [1.29, 1.82) is 0 Å². The van der Waals surface area contributed by atoms with Crippen LogP contribution in [0.25, 0.3) is 17.2 Å². The largest absolute Gasteiger partial charge is 0.401 e. The van der Waals surface area contributed by atoms with Crippen LogP contribution in [0.15, 0.2) is 54.9 Å². The summed E-state index contributed by atoms with van der Waals surface area (Å²) < 4.78 is 36.1. The monoisotopic (exact) mass is 349 g/mol. The first-order chi connectivity index (χ1) is 11.3. The minimum absolute atomic E-state index is 0.844. The van der Waals surface area contributed by atoms with E-state index < -0.39 is 10.2 Å². The fourth-order valence-corrected chi connectivity index (χ4v) is 2.39. The number of hydrogen-bond acceptors (Lipinski definition) is 5. The SMILES string of the molecule is Cc1cc(C)[n+](-c2ncc[nH]2)c(-c2ccccc2)c1.[O-][Cl+3]([O-])([O-])[O-]. The summed E-state index contributed by atoms with van der Waals surface area (Å²) in [5.74, 6) is 0.844. The maximum absolute atomic E-state index is 8.49. The number of nitrogens with zero attached hydrogens (tertiary/aromatic N) is 2. The van der Waals surface area contributed by atoms with Gasteiger partial charge in [-0.25, -0.2) is 23.6 Å². The molecule has 3 aromatic rings. The van der Waals surface area contributed by atoms with Gasteiger partial charge in [-0.1, -0.05) is 35.3 Å². The van der Waals surface area contributed by atoms with Crippen LogP contribution in [0.1, 0.15) is 11.3 Å². The molecule has 0 fully saturated rings. The van der Waals surface area contributed by atoms with Crippen molar-refractivity contribution in [2.45, 2.75) is 13.8 Å². The van der Waals surface area contributed by atoms with Crippen LogP contribution < -0.4 is 23.2 Å². The molecule has 0 bridgehead atoms. The molecule has 1 aromatic carbocycles. The average Bonchev–Trinajstić information content (AvgIpc) is 2.99. The maximum Gasteiger partial charge on any atom is 0.401 e. The molecule has 0 aliphatic carbocycles. The molecule has 0 radical (unpaired) electrons. The Balaban J connectivity index is 0.000000368. The van der Waals surface area contributed by atoms with Crippen molar-refractivity contribution in [2.24, 2.45) is 0 Å². The fraction of sp³-hybridized carbons (Fsp3) is 0.125. The lowest BCUT2D eigenvalue weighted by molar-refractivity contribution is -2.00. The summed E-state index contributed by atoms with van der Waals surface area (Å²) in [4.78, 5) is 7.55. The molecule has 8 heteroatoms. The number of H-pyrrole nitrogens is 1. The predicted octanol–water partition coefficient (Wildman–Crippen LogP) is -1.79. The molecule has 7 nitrogen and oxygen atoms in total. The van der Waals surface area contributed by atoms with Gasteiger partial charge in [0.15, 0.2) is 0 Å². The first kappa shape index (κ1) is 18.1. The van der Waals surface area contributed by atoms with E-state index in [9.17, 15) is 0 Å². The van der Waals surface area contributed by atoms with E-state index in [2.05, 4.69) is 64.8 Å². The van der Waals surface area contributed by atoms with E-state index in [1.54, 1.807) is 6.20 Å². The highest BCUT2D eigenvalue weighted by Gasteiger charge is 2.17. The van der Waals surface area contributed by atoms with Crippen LogP contribution in [-0.4, -0.2) is 9.97 Å². The molecular formula is C16H16ClN3O4. The Morgan fingerprint density at radius 2 is 1.62 bits per heavy atom. The lowest BCUT2D eigenvalue weighted by Crippen LogP contribution is -2.68. The zero-order valence-corrected chi connectivity index (χ0v) is 13.9. The Morgan fingerprint density at radius 1 is 1.00 bits per heavy atom. The molecule has 2 heterocycles. The number of halogens is 1. The smallest absolute Gasteiger partial charge is 0.245 e. The number of hydrogen-bond donors (Lipinski definition) is 1. The molecule has 126 valence electrons. The van der Waals surface area contributed by atoms with Crippen molar-refractivity contribution in [2.75, 3.05) is 0 Å². The van der Waals surface area contributed by atoms with Crippen LogP contribution in [0.3, 0.4) is 0 Å². The number of rotatable bonds is 2. The van der Waals surface area contributed by atoms with Crippen LogP contribution in [0, 0.1) is 24.1 Å². The average molecular weight is 350 g/mol. The molecule has 0 unspecified atom stereocenters. The molecule has 0 saturated carbocycles. The van der Waals surface area contributed by atoms with Crippen molar-refractivity contribution in [3.63, 3.8) is 0 Å². The lowest BCUT2D eigenvalue weighted by atomic mass is 10.1. The maximum atomic E-state index is 8.49. The molecule has 0 aliphatic rings. The topological polar surface area (TPSA) is 125 Å². The number of pyridine rings is 1. The third kappa shape index (κ3) is 5.12. The molecule has 0 atom stereocenters. The van der Waals surface area contributed by atoms with E-state index in [-0.39, 0.29) is 0 Å². The quantitative estimate of drug-likeness (QED) is 0.547. The highest BCUT2D eigenvalue weighted by molar-refractivity contribution is 5.57. The van der Waals surface area contributed by atoms with Gasteiger partial charge in [0, 0.05) is 5.56 Å². The Labute approximate surface area is 141 Å².